The molecule has 0 aliphatic carbocycles. The number of amides is 7. The van der Waals surface area contributed by atoms with E-state index in [2.05, 4.69) is 66.3 Å². The molecule has 9 atom stereocenters. The van der Waals surface area contributed by atoms with Gasteiger partial charge in [0.25, 0.3) is 0 Å². The maximum Gasteiger partial charge on any atom is 0.411 e. The first-order chi connectivity index (χ1) is 36.9. The van der Waals surface area contributed by atoms with Crippen LogP contribution < -0.4 is 52.6 Å². The number of carbonyl (C=O) groups is 6. The molecule has 78 heavy (non-hydrogen) atoms. The molecular weight excluding hydrogens is 1090 g/mol. The maximum absolute atomic E-state index is 14.4. The lowest BCUT2D eigenvalue weighted by Crippen LogP contribution is -2.63. The minimum Gasteiger partial charge on any atom is -0.495 e. The van der Waals surface area contributed by atoms with Crippen LogP contribution >= 0.6 is 27.5 Å². The standard InChI is InChI=1S/C55H81BrClN9O12/c1-12-38(63-49(68)39(19-17-25-61-51(58)70)64-50(69)47(32(2)3)60-24-15-13-14-23-59-35(6)31-56)22-21-34(5)62-52(71)77-44-29-45(67)66(9)40-27-37(28-41(74-10)46(40)57)26-33(4)18-16-20-43(75-11)55(73)30-42(76-53(72)65-55)36(7)48-54(44,8)78-48/h12,16,18,20-22,27-28,32,36,39,42-44,47-48,59-60,73H,1,6,13-15,17,19,23-26,29-31H2,2-5,7-11H3,(H,62,71)(H,63,68)(H,64,69)(H,65,72)(H3,58,61,70)/b20-16+,33-18+,34-21+,38-22+/t36-,39+,42+,43-,44+,47+,48+,54+,55+/m1/s1. The number of alkyl carbamates (subject to hydrolysis) is 2. The predicted molar refractivity (Wildman–Crippen MR) is 303 cm³/mol. The number of hydrogen-bond acceptors (Lipinski definition) is 14. The molecule has 0 unspecified atom stereocenters. The van der Waals surface area contributed by atoms with Gasteiger partial charge < -0.3 is 66.0 Å². The number of epoxide rings is 1. The predicted octanol–water partition coefficient (Wildman–Crippen LogP) is 6.16. The summed E-state index contributed by atoms with van der Waals surface area (Å²) in [6, 6.07) is 1.21. The molecule has 0 spiro atoms. The highest BCUT2D eigenvalue weighted by Gasteiger charge is 2.64. The number of alkyl halides is 1. The van der Waals surface area contributed by atoms with Crippen LogP contribution in [0.25, 0.3) is 0 Å². The second-order valence-electron chi connectivity index (χ2n) is 20.4. The van der Waals surface area contributed by atoms with E-state index in [9.17, 15) is 33.9 Å². The van der Waals surface area contributed by atoms with E-state index in [-0.39, 0.29) is 54.0 Å². The average Bonchev–Trinajstić information content (AvgIpc) is 4.11. The number of benzene rings is 1. The van der Waals surface area contributed by atoms with Gasteiger partial charge in [-0.1, -0.05) is 91.7 Å². The van der Waals surface area contributed by atoms with E-state index in [4.69, 9.17) is 41.0 Å². The van der Waals surface area contributed by atoms with E-state index in [0.29, 0.717) is 36.2 Å². The Morgan fingerprint density at radius 2 is 1.77 bits per heavy atom. The number of halogens is 2. The van der Waals surface area contributed by atoms with Gasteiger partial charge in [-0.2, -0.15) is 0 Å². The molecule has 2 saturated heterocycles. The fraction of sp³-hybridized carbons (Fsp3) is 0.564. The van der Waals surface area contributed by atoms with Crippen molar-refractivity contribution in [3.63, 3.8) is 0 Å². The summed E-state index contributed by atoms with van der Waals surface area (Å²) in [6.45, 7) is 20.1. The molecule has 432 valence electrons. The summed E-state index contributed by atoms with van der Waals surface area (Å²) >= 11 is 10.2. The second kappa shape index (κ2) is 30.5. The van der Waals surface area contributed by atoms with Crippen molar-refractivity contribution in [3.8, 4) is 5.75 Å². The summed E-state index contributed by atoms with van der Waals surface area (Å²) in [5.41, 5.74) is 5.49. The molecule has 2 fully saturated rings. The molecule has 3 heterocycles. The summed E-state index contributed by atoms with van der Waals surface area (Å²) in [5, 5.41) is 32.7. The van der Waals surface area contributed by atoms with Crippen molar-refractivity contribution in [1.29, 1.82) is 0 Å². The van der Waals surface area contributed by atoms with E-state index in [0.717, 1.165) is 42.6 Å². The number of methoxy groups -OCH3 is 2. The number of aliphatic hydroxyl groups is 1. The van der Waals surface area contributed by atoms with Gasteiger partial charge in [-0.05, 0) is 101 Å². The van der Waals surface area contributed by atoms with E-state index in [1.54, 1.807) is 52.1 Å². The molecule has 23 heteroatoms. The van der Waals surface area contributed by atoms with Crippen molar-refractivity contribution in [2.45, 2.75) is 141 Å². The molecule has 3 aliphatic rings. The monoisotopic (exact) mass is 1170 g/mol. The van der Waals surface area contributed by atoms with Crippen molar-refractivity contribution < 1.29 is 57.6 Å². The number of nitrogens with one attached hydrogen (secondary N) is 7. The van der Waals surface area contributed by atoms with Gasteiger partial charge in [0, 0.05) is 62.0 Å². The summed E-state index contributed by atoms with van der Waals surface area (Å²) in [6.07, 6.45) is 7.00. The lowest BCUT2D eigenvalue weighted by Gasteiger charge is -2.42. The van der Waals surface area contributed by atoms with Gasteiger partial charge in [-0.3, -0.25) is 25.0 Å². The minimum atomic E-state index is -1.88. The summed E-state index contributed by atoms with van der Waals surface area (Å²) in [7, 11) is 4.44. The quantitative estimate of drug-likeness (QED) is 0.0243. The average molecular weight is 1180 g/mol. The molecule has 7 amide bonds. The maximum atomic E-state index is 14.4. The number of primary amides is 1. The Kier molecular flexibility index (Phi) is 25.2. The molecule has 4 bridgehead atoms. The van der Waals surface area contributed by atoms with Crippen LogP contribution in [0.4, 0.5) is 20.1 Å². The highest BCUT2D eigenvalue weighted by Crippen LogP contribution is 2.49. The van der Waals surface area contributed by atoms with Gasteiger partial charge in [0.2, 0.25) is 17.7 Å². The fourth-order valence-corrected chi connectivity index (χ4v) is 9.76. The molecule has 21 nitrogen and oxygen atoms in total. The zero-order chi connectivity index (χ0) is 57.9. The number of unbranched alkanes of at least 4 members (excludes halogenated alkanes) is 2. The van der Waals surface area contributed by atoms with Gasteiger partial charge in [0.1, 0.15) is 40.7 Å². The zero-order valence-electron chi connectivity index (χ0n) is 46.4. The number of fused-ring (bicyclic) bond motifs is 5. The van der Waals surface area contributed by atoms with Crippen molar-refractivity contribution >= 4 is 69.2 Å². The van der Waals surface area contributed by atoms with Crippen LogP contribution in [0.15, 0.2) is 84.4 Å². The zero-order valence-corrected chi connectivity index (χ0v) is 48.7. The third kappa shape index (κ3) is 18.9. The fourth-order valence-electron chi connectivity index (χ4n) is 9.25. The minimum absolute atomic E-state index is 0.0987. The Morgan fingerprint density at radius 3 is 2.42 bits per heavy atom. The first-order valence-electron chi connectivity index (χ1n) is 26.1. The van der Waals surface area contributed by atoms with Crippen LogP contribution in [0.5, 0.6) is 5.75 Å². The third-order valence-electron chi connectivity index (χ3n) is 13.8. The molecule has 0 radical (unpaired) electrons. The number of hydrogen-bond donors (Lipinski definition) is 9. The summed E-state index contributed by atoms with van der Waals surface area (Å²) < 4.78 is 29.4. The summed E-state index contributed by atoms with van der Waals surface area (Å²) in [5.74, 6) is -1.77. The molecule has 0 saturated carbocycles. The first kappa shape index (κ1) is 64.6. The Balaban J connectivity index is 1.56. The van der Waals surface area contributed by atoms with Crippen molar-refractivity contribution in [2.24, 2.45) is 17.6 Å². The summed E-state index contributed by atoms with van der Waals surface area (Å²) in [4.78, 5) is 81.7. The Bertz CT molecular complexity index is 2450. The largest absolute Gasteiger partial charge is 0.495 e. The Hall–Kier alpha value is -5.91. The molecule has 3 aliphatic heterocycles. The number of nitrogens with two attached hydrogens (primary N) is 1. The first-order valence-corrected chi connectivity index (χ1v) is 27.6. The van der Waals surface area contributed by atoms with Crippen molar-refractivity contribution in [3.05, 3.63) is 95.0 Å². The molecule has 0 aromatic heterocycles. The van der Waals surface area contributed by atoms with Crippen molar-refractivity contribution in [1.82, 2.24) is 37.2 Å². The lowest BCUT2D eigenvalue weighted by atomic mass is 9.83. The van der Waals surface area contributed by atoms with E-state index in [1.165, 1.54) is 37.3 Å². The molecule has 1 aromatic carbocycles. The third-order valence-corrected chi connectivity index (χ3v) is 14.9. The normalized spacial score (nSPS) is 25.6. The van der Waals surface area contributed by atoms with Gasteiger partial charge in [-0.15, -0.1) is 0 Å². The second-order valence-corrected chi connectivity index (χ2v) is 21.3. The van der Waals surface area contributed by atoms with Gasteiger partial charge in [-0.25, -0.2) is 14.4 Å². The van der Waals surface area contributed by atoms with E-state index in [1.807, 2.05) is 26.8 Å². The van der Waals surface area contributed by atoms with Crippen LogP contribution in [-0.2, 0) is 39.8 Å². The highest BCUT2D eigenvalue weighted by molar-refractivity contribution is 9.09. The smallest absolute Gasteiger partial charge is 0.411 e. The van der Waals surface area contributed by atoms with Crippen molar-refractivity contribution in [2.75, 3.05) is 51.1 Å². The number of anilines is 1. The topological polar surface area (TPSA) is 286 Å². The number of urea groups is 1. The van der Waals surface area contributed by atoms with Crippen LogP contribution in [0.1, 0.15) is 92.1 Å². The number of nitrogens with zero attached hydrogens (tertiary/aromatic N) is 1. The van der Waals surface area contributed by atoms with Gasteiger partial charge >= 0.3 is 18.2 Å². The SMILES string of the molecule is C=C/C(=C\C=C(/C)NC(=O)O[C@H]1CC(=O)N(C)c2cc(cc(OC)c2Cl)C/C(C)=C/C=C/[C@@H](OC)[C@@]2(O)C[C@H](OC(=O)N2)[C@@H](C)[C@@H]2O[C@@]12C)NC(=O)[C@H](CCCNC(N)=O)NC(=O)[C@@H](NCCCCCNC(=C)CBr)C(C)C. The Labute approximate surface area is 472 Å². The van der Waals surface area contributed by atoms with Gasteiger partial charge in [0.15, 0.2) is 5.72 Å². The van der Waals surface area contributed by atoms with Crippen LogP contribution in [-0.4, -0.2) is 135 Å². The Morgan fingerprint density at radius 1 is 1.06 bits per heavy atom. The van der Waals surface area contributed by atoms with Crippen LogP contribution in [0, 0.1) is 11.8 Å². The number of allylic oxidation sites excluding steroid dienone is 8. The lowest BCUT2D eigenvalue weighted by molar-refractivity contribution is -0.142. The number of carbonyl (C=O) groups excluding carboxylic acids is 6. The van der Waals surface area contributed by atoms with Crippen LogP contribution in [0.3, 0.4) is 0 Å². The number of rotatable bonds is 24. The molecule has 1 aromatic rings. The molecular formula is C55H81BrClN9O12. The highest BCUT2D eigenvalue weighted by atomic mass is 79.9. The van der Waals surface area contributed by atoms with Crippen LogP contribution in [0.2, 0.25) is 5.02 Å². The van der Waals surface area contributed by atoms with E-state index < -0.39 is 83.8 Å². The van der Waals surface area contributed by atoms with Gasteiger partial charge in [0.05, 0.1) is 31.4 Å². The number of ether oxygens (including phenoxy) is 5. The molecule has 4 rings (SSSR count). The molecule has 10 N–H and O–H groups in total. The van der Waals surface area contributed by atoms with E-state index >= 15 is 0 Å².